The SMILES string of the molecule is COC(=O)C1=CC(C)(C)CC(C)C1=O. The molecule has 0 radical (unpaired) electrons. The highest BCUT2D eigenvalue weighted by molar-refractivity contribution is 6.18. The van der Waals surface area contributed by atoms with Gasteiger partial charge in [-0.3, -0.25) is 4.79 Å². The van der Waals surface area contributed by atoms with Crippen molar-refractivity contribution in [2.24, 2.45) is 11.3 Å². The van der Waals surface area contributed by atoms with Gasteiger partial charge < -0.3 is 4.74 Å². The number of rotatable bonds is 1. The van der Waals surface area contributed by atoms with E-state index in [-0.39, 0.29) is 22.7 Å². The molecule has 0 saturated carbocycles. The predicted octanol–water partition coefficient (Wildman–Crippen LogP) is 1.72. The second-order valence-corrected chi connectivity index (χ2v) is 4.51. The van der Waals surface area contributed by atoms with Crippen LogP contribution in [0.25, 0.3) is 0 Å². The largest absolute Gasteiger partial charge is 0.465 e. The average molecular weight is 196 g/mol. The summed E-state index contributed by atoms with van der Waals surface area (Å²) in [6, 6.07) is 0. The minimum Gasteiger partial charge on any atom is -0.465 e. The molecule has 3 heteroatoms. The predicted molar refractivity (Wildman–Crippen MR) is 52.7 cm³/mol. The van der Waals surface area contributed by atoms with E-state index in [1.165, 1.54) is 7.11 Å². The average Bonchev–Trinajstić information content (AvgIpc) is 2.09. The summed E-state index contributed by atoms with van der Waals surface area (Å²) in [5.74, 6) is -0.713. The fourth-order valence-corrected chi connectivity index (χ4v) is 1.94. The Hall–Kier alpha value is -1.12. The van der Waals surface area contributed by atoms with Gasteiger partial charge in [-0.15, -0.1) is 0 Å². The van der Waals surface area contributed by atoms with Gasteiger partial charge in [0.1, 0.15) is 0 Å². The summed E-state index contributed by atoms with van der Waals surface area (Å²) in [7, 11) is 1.29. The molecule has 78 valence electrons. The Bertz CT molecular complexity index is 300. The van der Waals surface area contributed by atoms with Crippen molar-refractivity contribution in [1.82, 2.24) is 0 Å². The number of Topliss-reactive ketones (excluding diaryl/α,β-unsaturated/α-hetero) is 1. The molecule has 0 aliphatic heterocycles. The van der Waals surface area contributed by atoms with Crippen LogP contribution in [0.2, 0.25) is 0 Å². The van der Waals surface area contributed by atoms with Crippen LogP contribution in [0.15, 0.2) is 11.6 Å². The second kappa shape index (κ2) is 3.56. The van der Waals surface area contributed by atoms with Gasteiger partial charge in [0.25, 0.3) is 0 Å². The molecule has 0 fully saturated rings. The van der Waals surface area contributed by atoms with Crippen LogP contribution in [-0.4, -0.2) is 18.9 Å². The van der Waals surface area contributed by atoms with E-state index in [1.54, 1.807) is 6.08 Å². The zero-order valence-corrected chi connectivity index (χ0v) is 9.09. The molecule has 0 aromatic rings. The van der Waals surface area contributed by atoms with Crippen LogP contribution < -0.4 is 0 Å². The number of hydrogen-bond donors (Lipinski definition) is 0. The maximum absolute atomic E-state index is 11.6. The molecule has 1 atom stereocenters. The van der Waals surface area contributed by atoms with E-state index in [4.69, 9.17) is 0 Å². The molecular formula is C11H16O3. The topological polar surface area (TPSA) is 43.4 Å². The van der Waals surface area contributed by atoms with Crippen LogP contribution in [0.3, 0.4) is 0 Å². The lowest BCUT2D eigenvalue weighted by atomic mass is 9.74. The molecule has 0 aromatic carbocycles. The Balaban J connectivity index is 3.06. The molecule has 3 nitrogen and oxygen atoms in total. The van der Waals surface area contributed by atoms with Gasteiger partial charge in [0.15, 0.2) is 5.78 Å². The molecule has 0 heterocycles. The van der Waals surface area contributed by atoms with Crippen molar-refractivity contribution in [3.63, 3.8) is 0 Å². The third-order valence-electron chi connectivity index (χ3n) is 2.49. The van der Waals surface area contributed by atoms with Crippen molar-refractivity contribution in [1.29, 1.82) is 0 Å². The van der Waals surface area contributed by atoms with E-state index >= 15 is 0 Å². The van der Waals surface area contributed by atoms with Crippen LogP contribution in [0, 0.1) is 11.3 Å². The summed E-state index contributed by atoms with van der Waals surface area (Å²) >= 11 is 0. The van der Waals surface area contributed by atoms with Crippen LogP contribution in [0.5, 0.6) is 0 Å². The van der Waals surface area contributed by atoms with E-state index in [0.717, 1.165) is 6.42 Å². The van der Waals surface area contributed by atoms with Gasteiger partial charge in [-0.2, -0.15) is 0 Å². The minimum atomic E-state index is -0.519. The van der Waals surface area contributed by atoms with E-state index in [0.29, 0.717) is 0 Å². The molecule has 0 saturated heterocycles. The standard InChI is InChI=1S/C11H16O3/c1-7-5-11(2,3)6-8(9(7)12)10(13)14-4/h6-7H,5H2,1-4H3. The van der Waals surface area contributed by atoms with Crippen molar-refractivity contribution in [3.05, 3.63) is 11.6 Å². The van der Waals surface area contributed by atoms with Gasteiger partial charge in [-0.25, -0.2) is 4.79 Å². The maximum atomic E-state index is 11.6. The lowest BCUT2D eigenvalue weighted by molar-refractivity contribution is -0.138. The van der Waals surface area contributed by atoms with Crippen LogP contribution in [-0.2, 0) is 14.3 Å². The highest BCUT2D eigenvalue weighted by Crippen LogP contribution is 2.34. The number of esters is 1. The highest BCUT2D eigenvalue weighted by Gasteiger charge is 2.35. The number of carbonyl (C=O) groups excluding carboxylic acids is 2. The number of ketones is 1. The minimum absolute atomic E-state index is 0.0934. The summed E-state index contributed by atoms with van der Waals surface area (Å²) in [5.41, 5.74) is 0.105. The summed E-state index contributed by atoms with van der Waals surface area (Å²) in [6.45, 7) is 5.87. The van der Waals surface area contributed by atoms with Crippen molar-refractivity contribution < 1.29 is 14.3 Å². The fraction of sp³-hybridized carbons (Fsp3) is 0.636. The van der Waals surface area contributed by atoms with Gasteiger partial charge >= 0.3 is 5.97 Å². The van der Waals surface area contributed by atoms with Gasteiger partial charge in [0.05, 0.1) is 12.7 Å². The molecule has 0 spiro atoms. The van der Waals surface area contributed by atoms with Crippen molar-refractivity contribution >= 4 is 11.8 Å². The molecule has 14 heavy (non-hydrogen) atoms. The van der Waals surface area contributed by atoms with Crippen molar-refractivity contribution in [2.75, 3.05) is 7.11 Å². The Morgan fingerprint density at radius 2 is 2.14 bits per heavy atom. The van der Waals surface area contributed by atoms with E-state index < -0.39 is 5.97 Å². The zero-order chi connectivity index (χ0) is 10.9. The third-order valence-corrected chi connectivity index (χ3v) is 2.49. The monoisotopic (exact) mass is 196 g/mol. The summed E-state index contributed by atoms with van der Waals surface area (Å²) in [5, 5.41) is 0. The molecule has 0 N–H and O–H groups in total. The smallest absolute Gasteiger partial charge is 0.341 e. The first kappa shape index (κ1) is 11.0. The van der Waals surface area contributed by atoms with E-state index in [2.05, 4.69) is 4.74 Å². The maximum Gasteiger partial charge on any atom is 0.341 e. The first-order chi connectivity index (χ1) is 6.37. The molecule has 0 aromatic heterocycles. The second-order valence-electron chi connectivity index (χ2n) is 4.51. The van der Waals surface area contributed by atoms with Gasteiger partial charge in [-0.05, 0) is 11.8 Å². The Morgan fingerprint density at radius 3 is 2.64 bits per heavy atom. The summed E-state index contributed by atoms with van der Waals surface area (Å²) < 4.78 is 4.57. The lowest BCUT2D eigenvalue weighted by Gasteiger charge is -2.29. The van der Waals surface area contributed by atoms with Gasteiger partial charge in [0, 0.05) is 5.92 Å². The van der Waals surface area contributed by atoms with Crippen LogP contribution >= 0.6 is 0 Å². The number of ether oxygens (including phenoxy) is 1. The first-order valence-corrected chi connectivity index (χ1v) is 4.73. The quantitative estimate of drug-likeness (QED) is 0.473. The molecule has 1 unspecified atom stereocenters. The molecule has 0 amide bonds. The van der Waals surface area contributed by atoms with Gasteiger partial charge in [-0.1, -0.05) is 26.8 Å². The molecule has 1 rings (SSSR count). The fourth-order valence-electron chi connectivity index (χ4n) is 1.94. The van der Waals surface area contributed by atoms with Crippen molar-refractivity contribution in [2.45, 2.75) is 27.2 Å². The normalized spacial score (nSPS) is 25.6. The number of hydrogen-bond acceptors (Lipinski definition) is 3. The number of methoxy groups -OCH3 is 1. The lowest BCUT2D eigenvalue weighted by Crippen LogP contribution is -2.31. The first-order valence-electron chi connectivity index (χ1n) is 4.73. The van der Waals surface area contributed by atoms with E-state index in [9.17, 15) is 9.59 Å². The molecule has 1 aliphatic rings. The summed E-state index contributed by atoms with van der Waals surface area (Å²) in [6.07, 6.45) is 2.51. The zero-order valence-electron chi connectivity index (χ0n) is 9.09. The van der Waals surface area contributed by atoms with E-state index in [1.807, 2.05) is 20.8 Å². The van der Waals surface area contributed by atoms with Crippen LogP contribution in [0.4, 0.5) is 0 Å². The third kappa shape index (κ3) is 2.03. The summed E-state index contributed by atoms with van der Waals surface area (Å²) in [4.78, 5) is 22.9. The number of carbonyl (C=O) groups is 2. The van der Waals surface area contributed by atoms with Crippen molar-refractivity contribution in [3.8, 4) is 0 Å². The number of allylic oxidation sites excluding steroid dienone is 1. The molecular weight excluding hydrogens is 180 g/mol. The van der Waals surface area contributed by atoms with Crippen LogP contribution in [0.1, 0.15) is 27.2 Å². The Kier molecular flexibility index (Phi) is 2.79. The highest BCUT2D eigenvalue weighted by atomic mass is 16.5. The Morgan fingerprint density at radius 1 is 1.57 bits per heavy atom. The Labute approximate surface area is 84.1 Å². The molecule has 0 bridgehead atoms. The molecule has 1 aliphatic carbocycles. The van der Waals surface area contributed by atoms with Gasteiger partial charge in [0.2, 0.25) is 0 Å².